The highest BCUT2D eigenvalue weighted by atomic mass is 19.1. The van der Waals surface area contributed by atoms with Gasteiger partial charge in [-0.1, -0.05) is 6.07 Å². The van der Waals surface area contributed by atoms with Gasteiger partial charge in [-0.25, -0.2) is 4.39 Å². The summed E-state index contributed by atoms with van der Waals surface area (Å²) < 4.78 is 24.2. The van der Waals surface area contributed by atoms with Gasteiger partial charge in [-0.05, 0) is 19.1 Å². The fourth-order valence-electron chi connectivity index (χ4n) is 1.75. The molecule has 0 saturated heterocycles. The second kappa shape index (κ2) is 3.77. The van der Waals surface area contributed by atoms with Crippen LogP contribution in [0.1, 0.15) is 23.7 Å². The molecule has 1 aliphatic rings. The number of rotatable bonds is 1. The summed E-state index contributed by atoms with van der Waals surface area (Å²) in [6, 6.07) is 5.01. The number of methoxy groups -OCH3 is 1. The molecule has 1 aliphatic heterocycles. The zero-order valence-corrected chi connectivity index (χ0v) is 9.25. The smallest absolute Gasteiger partial charge is 0.172 e. The summed E-state index contributed by atoms with van der Waals surface area (Å²) in [6.07, 6.45) is -0.160. The molecule has 16 heavy (non-hydrogen) atoms. The molecule has 0 aromatic heterocycles. The van der Waals surface area contributed by atoms with Crippen LogP contribution in [0.4, 0.5) is 4.39 Å². The molecule has 0 N–H and O–H groups in total. The van der Waals surface area contributed by atoms with E-state index in [2.05, 4.69) is 0 Å². The molecule has 1 aromatic carbocycles. The first-order chi connectivity index (χ1) is 7.53. The summed E-state index contributed by atoms with van der Waals surface area (Å²) in [5, 5.41) is 0. The molecule has 0 bridgehead atoms. The van der Waals surface area contributed by atoms with E-state index in [0.717, 1.165) is 0 Å². The lowest BCUT2D eigenvalue weighted by Crippen LogP contribution is -2.27. The number of Topliss-reactive ketones (excluding diaryl/α,β-unsaturated/α-hetero) is 1. The zero-order valence-electron chi connectivity index (χ0n) is 9.25. The highest BCUT2D eigenvalue weighted by molar-refractivity contribution is 6.00. The molecular formula is C12H13FO3. The molecule has 0 fully saturated rings. The van der Waals surface area contributed by atoms with Gasteiger partial charge in [0.2, 0.25) is 0 Å². The average Bonchev–Trinajstić information content (AvgIpc) is 2.35. The molecule has 1 heterocycles. The molecule has 0 aliphatic carbocycles. The van der Waals surface area contributed by atoms with Crippen molar-refractivity contribution in [3.63, 3.8) is 0 Å². The van der Waals surface area contributed by atoms with Gasteiger partial charge in [-0.2, -0.15) is 0 Å². The van der Waals surface area contributed by atoms with Crippen molar-refractivity contribution in [3.05, 3.63) is 23.8 Å². The van der Waals surface area contributed by atoms with Gasteiger partial charge >= 0.3 is 0 Å². The third-order valence-corrected chi connectivity index (χ3v) is 2.55. The van der Waals surface area contributed by atoms with E-state index in [4.69, 9.17) is 9.47 Å². The highest BCUT2D eigenvalue weighted by Crippen LogP contribution is 2.36. The number of carbonyl (C=O) groups excluding carboxylic acids is 1. The van der Waals surface area contributed by atoms with Gasteiger partial charge in [0.15, 0.2) is 17.3 Å². The van der Waals surface area contributed by atoms with Crippen molar-refractivity contribution < 1.29 is 18.7 Å². The SMILES string of the molecule is COc1cccc2c1OCC(C)(F)CC2=O. The second-order valence-electron chi connectivity index (χ2n) is 4.14. The van der Waals surface area contributed by atoms with Crippen LogP contribution in [0.3, 0.4) is 0 Å². The first-order valence-corrected chi connectivity index (χ1v) is 5.05. The Labute approximate surface area is 93.2 Å². The van der Waals surface area contributed by atoms with Gasteiger partial charge in [-0.3, -0.25) is 4.79 Å². The van der Waals surface area contributed by atoms with Gasteiger partial charge < -0.3 is 9.47 Å². The Morgan fingerprint density at radius 1 is 1.50 bits per heavy atom. The quantitative estimate of drug-likeness (QED) is 0.734. The molecule has 86 valence electrons. The minimum absolute atomic E-state index is 0.133. The van der Waals surface area contributed by atoms with Gasteiger partial charge in [0.05, 0.1) is 12.7 Å². The van der Waals surface area contributed by atoms with E-state index in [0.29, 0.717) is 17.1 Å². The summed E-state index contributed by atoms with van der Waals surface area (Å²) in [4.78, 5) is 11.8. The number of ketones is 1. The molecule has 0 radical (unpaired) electrons. The Morgan fingerprint density at radius 2 is 2.25 bits per heavy atom. The van der Waals surface area contributed by atoms with Crippen LogP contribution in [0.15, 0.2) is 18.2 Å². The van der Waals surface area contributed by atoms with E-state index in [-0.39, 0.29) is 18.8 Å². The van der Waals surface area contributed by atoms with Crippen LogP contribution in [0.25, 0.3) is 0 Å². The van der Waals surface area contributed by atoms with E-state index in [1.807, 2.05) is 0 Å². The van der Waals surface area contributed by atoms with E-state index in [1.54, 1.807) is 18.2 Å². The number of benzene rings is 1. The summed E-state index contributed by atoms with van der Waals surface area (Å²) >= 11 is 0. The van der Waals surface area contributed by atoms with Crippen molar-refractivity contribution in [2.75, 3.05) is 13.7 Å². The number of hydrogen-bond donors (Lipinski definition) is 0. The number of carbonyl (C=O) groups is 1. The van der Waals surface area contributed by atoms with Crippen molar-refractivity contribution in [3.8, 4) is 11.5 Å². The Bertz CT molecular complexity index is 426. The Morgan fingerprint density at radius 3 is 2.94 bits per heavy atom. The molecule has 4 heteroatoms. The van der Waals surface area contributed by atoms with Crippen LogP contribution in [-0.4, -0.2) is 25.2 Å². The normalized spacial score (nSPS) is 24.3. The lowest BCUT2D eigenvalue weighted by molar-refractivity contribution is 0.0771. The van der Waals surface area contributed by atoms with Crippen molar-refractivity contribution in [2.24, 2.45) is 0 Å². The number of ether oxygens (including phenoxy) is 2. The first kappa shape index (κ1) is 10.9. The van der Waals surface area contributed by atoms with Gasteiger partial charge in [0.1, 0.15) is 12.3 Å². The van der Waals surface area contributed by atoms with E-state index in [9.17, 15) is 9.18 Å². The topological polar surface area (TPSA) is 35.5 Å². The summed E-state index contributed by atoms with van der Waals surface area (Å²) in [5.74, 6) is 0.552. The standard InChI is InChI=1S/C12H13FO3/c1-12(13)6-9(14)8-4-3-5-10(15-2)11(8)16-7-12/h3-5H,6-7H2,1-2H3. The first-order valence-electron chi connectivity index (χ1n) is 5.05. The molecule has 0 amide bonds. The molecule has 1 unspecified atom stereocenters. The maximum Gasteiger partial charge on any atom is 0.172 e. The molecule has 2 rings (SSSR count). The summed E-state index contributed by atoms with van der Waals surface area (Å²) in [7, 11) is 1.49. The van der Waals surface area contributed by atoms with Crippen molar-refractivity contribution in [1.29, 1.82) is 0 Å². The van der Waals surface area contributed by atoms with Crippen LogP contribution in [0, 0.1) is 0 Å². The Balaban J connectivity index is 2.48. The van der Waals surface area contributed by atoms with Gasteiger partial charge in [-0.15, -0.1) is 0 Å². The Kier molecular flexibility index (Phi) is 2.58. The monoisotopic (exact) mass is 224 g/mol. The Hall–Kier alpha value is -1.58. The largest absolute Gasteiger partial charge is 0.493 e. The van der Waals surface area contributed by atoms with Crippen molar-refractivity contribution >= 4 is 5.78 Å². The van der Waals surface area contributed by atoms with Crippen molar-refractivity contribution in [1.82, 2.24) is 0 Å². The summed E-state index contributed by atoms with van der Waals surface area (Å²) in [6.45, 7) is 1.23. The lowest BCUT2D eigenvalue weighted by Gasteiger charge is -2.16. The molecule has 3 nitrogen and oxygen atoms in total. The van der Waals surface area contributed by atoms with Crippen LogP contribution in [0.2, 0.25) is 0 Å². The minimum atomic E-state index is -1.62. The predicted molar refractivity (Wildman–Crippen MR) is 56.9 cm³/mol. The maximum atomic E-state index is 13.8. The lowest BCUT2D eigenvalue weighted by atomic mass is 9.99. The molecule has 0 spiro atoms. The maximum absolute atomic E-state index is 13.8. The number of halogens is 1. The van der Waals surface area contributed by atoms with E-state index in [1.165, 1.54) is 14.0 Å². The fraction of sp³-hybridized carbons (Fsp3) is 0.417. The minimum Gasteiger partial charge on any atom is -0.493 e. The molecule has 1 aromatic rings. The average molecular weight is 224 g/mol. The molecule has 0 saturated carbocycles. The number of para-hydroxylation sites is 1. The fourth-order valence-corrected chi connectivity index (χ4v) is 1.75. The number of fused-ring (bicyclic) bond motifs is 1. The zero-order chi connectivity index (χ0) is 11.8. The summed E-state index contributed by atoms with van der Waals surface area (Å²) in [5.41, 5.74) is -1.23. The molecular weight excluding hydrogens is 211 g/mol. The third-order valence-electron chi connectivity index (χ3n) is 2.55. The van der Waals surface area contributed by atoms with E-state index >= 15 is 0 Å². The van der Waals surface area contributed by atoms with E-state index < -0.39 is 5.67 Å². The predicted octanol–water partition coefficient (Wildman–Crippen LogP) is 2.39. The van der Waals surface area contributed by atoms with Crippen molar-refractivity contribution in [2.45, 2.75) is 19.0 Å². The third kappa shape index (κ3) is 1.87. The van der Waals surface area contributed by atoms with Gasteiger partial charge in [0, 0.05) is 6.42 Å². The van der Waals surface area contributed by atoms with Crippen LogP contribution in [0.5, 0.6) is 11.5 Å². The van der Waals surface area contributed by atoms with Crippen LogP contribution >= 0.6 is 0 Å². The molecule has 1 atom stereocenters. The second-order valence-corrected chi connectivity index (χ2v) is 4.14. The number of hydrogen-bond acceptors (Lipinski definition) is 3. The van der Waals surface area contributed by atoms with Crippen LogP contribution in [-0.2, 0) is 0 Å². The highest BCUT2D eigenvalue weighted by Gasteiger charge is 2.34. The number of alkyl halides is 1. The van der Waals surface area contributed by atoms with Gasteiger partial charge in [0.25, 0.3) is 0 Å². The van der Waals surface area contributed by atoms with Crippen LogP contribution < -0.4 is 9.47 Å².